The fraction of sp³-hybridized carbons (Fsp3) is 0. The van der Waals surface area contributed by atoms with Gasteiger partial charge in [0.2, 0.25) is 0 Å². The van der Waals surface area contributed by atoms with Crippen LogP contribution in [-0.4, -0.2) is 0 Å². The highest BCUT2D eigenvalue weighted by molar-refractivity contribution is 7.26. The van der Waals surface area contributed by atoms with Crippen molar-refractivity contribution in [1.29, 1.82) is 0 Å². The van der Waals surface area contributed by atoms with Crippen molar-refractivity contribution in [1.82, 2.24) is 0 Å². The van der Waals surface area contributed by atoms with Gasteiger partial charge in [-0.3, -0.25) is 0 Å². The fourth-order valence-corrected chi connectivity index (χ4v) is 8.84. The van der Waals surface area contributed by atoms with E-state index in [9.17, 15) is 5.48 Å². The van der Waals surface area contributed by atoms with E-state index in [0.29, 0.717) is 27.9 Å². The average molecular weight is 635 g/mol. The van der Waals surface area contributed by atoms with Crippen LogP contribution in [0.5, 0.6) is 0 Å². The van der Waals surface area contributed by atoms with Crippen LogP contribution in [0.25, 0.3) is 107 Å². The Kier molecular flexibility index (Phi) is 4.00. The minimum Gasteiger partial charge on any atom is -0.454 e. The quantitative estimate of drug-likeness (QED) is 0.136. The Labute approximate surface area is 291 Å². The molecule has 222 valence electrons. The number of para-hydroxylation sites is 1. The number of furan rings is 1. The Morgan fingerprint density at radius 3 is 1.73 bits per heavy atom. The first kappa shape index (κ1) is 19.6. The lowest BCUT2D eigenvalue weighted by molar-refractivity contribution is 0.674. The molecule has 0 aliphatic heterocycles. The maximum atomic E-state index is 9.51. The second-order valence-electron chi connectivity index (χ2n) is 12.1. The van der Waals surface area contributed by atoms with Crippen molar-refractivity contribution in [2.75, 3.05) is 0 Å². The number of rotatable bonds is 2. The molecule has 0 fully saturated rings. The molecule has 0 unspecified atom stereocenters. The highest BCUT2D eigenvalue weighted by Gasteiger charge is 2.22. The first-order valence-corrected chi connectivity index (χ1v) is 16.6. The van der Waals surface area contributed by atoms with E-state index in [2.05, 4.69) is 18.2 Å². The molecular weight excluding hydrogens is 601 g/mol. The van der Waals surface area contributed by atoms with Crippen LogP contribution in [0.3, 0.4) is 0 Å². The Morgan fingerprint density at radius 2 is 0.958 bits per heavy atom. The van der Waals surface area contributed by atoms with Crippen LogP contribution in [0.1, 0.15) is 11.0 Å². The molecule has 48 heavy (non-hydrogen) atoms. The summed E-state index contributed by atoms with van der Waals surface area (Å²) in [6.45, 7) is 0. The van der Waals surface area contributed by atoms with Gasteiger partial charge in [0.25, 0.3) is 0 Å². The molecule has 0 aliphatic rings. The summed E-state index contributed by atoms with van der Waals surface area (Å²) in [6.07, 6.45) is 0. The summed E-state index contributed by atoms with van der Waals surface area (Å²) >= 11 is 1.64. The molecule has 0 saturated carbocycles. The van der Waals surface area contributed by atoms with Crippen LogP contribution in [0.2, 0.25) is 0 Å². The molecule has 1 nitrogen and oxygen atoms in total. The topological polar surface area (TPSA) is 13.1 Å². The van der Waals surface area contributed by atoms with E-state index in [1.165, 1.54) is 0 Å². The molecule has 0 bridgehead atoms. The molecule has 0 atom stereocenters. The standard InChI is InChI=1S/C46H26OS/c1-2-12-28-27(11-1)23-24-30-29(28)18-9-19-32(30)42-33-14-3-5-16-35(33)43(36-17-6-4-15-34(36)42)40-21-10-20-37-38-25-26-39-31-13-7-8-22-41(31)48-46(39)45(38)47-44(37)40/h1-26H/i3D,4D,5D,6D,14D,15D,16D,17D. The summed E-state index contributed by atoms with van der Waals surface area (Å²) in [7, 11) is 0. The third-order valence-electron chi connectivity index (χ3n) is 9.71. The van der Waals surface area contributed by atoms with Gasteiger partial charge in [-0.15, -0.1) is 11.3 Å². The van der Waals surface area contributed by atoms with Gasteiger partial charge in [0, 0.05) is 37.4 Å². The van der Waals surface area contributed by atoms with Crippen LogP contribution in [0.4, 0.5) is 0 Å². The molecular formula is C46H26OS. The summed E-state index contributed by atoms with van der Waals surface area (Å²) < 4.78 is 82.7. The second kappa shape index (κ2) is 9.78. The highest BCUT2D eigenvalue weighted by atomic mass is 32.1. The summed E-state index contributed by atoms with van der Waals surface area (Å²) in [5.74, 6) is 0. The van der Waals surface area contributed by atoms with Gasteiger partial charge in [0.15, 0.2) is 5.58 Å². The molecule has 0 amide bonds. The Hall–Kier alpha value is -5.96. The van der Waals surface area contributed by atoms with E-state index in [0.717, 1.165) is 52.5 Å². The number of fused-ring (bicyclic) bond motifs is 12. The van der Waals surface area contributed by atoms with Crippen molar-refractivity contribution in [2.24, 2.45) is 0 Å². The van der Waals surface area contributed by atoms with Crippen molar-refractivity contribution in [3.8, 4) is 22.3 Å². The summed E-state index contributed by atoms with van der Waals surface area (Å²) in [4.78, 5) is 0. The predicted molar refractivity (Wildman–Crippen MR) is 208 cm³/mol. The number of thiophene rings is 1. The van der Waals surface area contributed by atoms with Crippen LogP contribution in [-0.2, 0) is 0 Å². The fourth-order valence-electron chi connectivity index (χ4n) is 7.66. The second-order valence-corrected chi connectivity index (χ2v) is 13.2. The smallest absolute Gasteiger partial charge is 0.153 e. The lowest BCUT2D eigenvalue weighted by Gasteiger charge is -2.19. The van der Waals surface area contributed by atoms with Crippen molar-refractivity contribution in [2.45, 2.75) is 0 Å². The molecule has 2 aromatic heterocycles. The largest absolute Gasteiger partial charge is 0.454 e. The van der Waals surface area contributed by atoms with Crippen molar-refractivity contribution in [3.05, 3.63) is 158 Å². The maximum absolute atomic E-state index is 9.51. The summed E-state index contributed by atoms with van der Waals surface area (Å²) in [5.41, 5.74) is 2.79. The van der Waals surface area contributed by atoms with Crippen LogP contribution >= 0.6 is 11.3 Å². The molecule has 2 heteroatoms. The van der Waals surface area contributed by atoms with Crippen molar-refractivity contribution < 1.29 is 15.4 Å². The van der Waals surface area contributed by atoms with Gasteiger partial charge in [0.05, 0.1) is 15.7 Å². The third-order valence-corrected chi connectivity index (χ3v) is 10.9. The SMILES string of the molecule is [2H]c1c([2H])c([2H])c2c(-c3cccc4c3oc3c4ccc4c5ccccc5sc43)c3c([2H])c([2H])c([2H])c([2H])c3c(-c3cccc4c3ccc3ccccc34)c2c1[2H]. The van der Waals surface area contributed by atoms with E-state index in [1.807, 2.05) is 91.0 Å². The first-order valence-electron chi connectivity index (χ1n) is 19.8. The zero-order valence-electron chi connectivity index (χ0n) is 33.2. The van der Waals surface area contributed by atoms with E-state index in [-0.39, 0.29) is 51.3 Å². The number of hydrogen-bond acceptors (Lipinski definition) is 2. The van der Waals surface area contributed by atoms with E-state index in [1.54, 1.807) is 11.3 Å². The monoisotopic (exact) mass is 634 g/mol. The predicted octanol–water partition coefficient (Wildman–Crippen LogP) is 13.9. The average Bonchev–Trinajstić information content (AvgIpc) is 3.81. The molecule has 0 aliphatic carbocycles. The van der Waals surface area contributed by atoms with Crippen LogP contribution in [0.15, 0.2) is 162 Å². The van der Waals surface area contributed by atoms with Gasteiger partial charge < -0.3 is 4.42 Å². The molecule has 11 rings (SSSR count). The van der Waals surface area contributed by atoms with E-state index < -0.39 is 24.2 Å². The summed E-state index contributed by atoms with van der Waals surface area (Å²) in [6, 6.07) is 32.7. The Balaban J connectivity index is 1.38. The number of hydrogen-bond donors (Lipinski definition) is 0. The lowest BCUT2D eigenvalue weighted by Crippen LogP contribution is -1.92. The van der Waals surface area contributed by atoms with Gasteiger partial charge in [0.1, 0.15) is 5.58 Å². The van der Waals surface area contributed by atoms with Gasteiger partial charge >= 0.3 is 0 Å². The molecule has 2 heterocycles. The minimum absolute atomic E-state index is 0.154. The third kappa shape index (κ3) is 3.50. The van der Waals surface area contributed by atoms with Crippen molar-refractivity contribution in [3.63, 3.8) is 0 Å². The van der Waals surface area contributed by atoms with Crippen molar-refractivity contribution >= 4 is 96.5 Å². The van der Waals surface area contributed by atoms with E-state index >= 15 is 0 Å². The number of benzene rings is 9. The van der Waals surface area contributed by atoms with Crippen LogP contribution in [0, 0.1) is 0 Å². The van der Waals surface area contributed by atoms with Gasteiger partial charge in [-0.1, -0.05) is 145 Å². The minimum atomic E-state index is -0.442. The Bertz CT molecular complexity index is 3500. The molecule has 9 aromatic carbocycles. The highest BCUT2D eigenvalue weighted by Crippen LogP contribution is 2.49. The zero-order chi connectivity index (χ0) is 38.3. The van der Waals surface area contributed by atoms with Gasteiger partial charge in [-0.2, -0.15) is 0 Å². The molecule has 0 spiro atoms. The maximum Gasteiger partial charge on any atom is 0.153 e. The molecule has 0 saturated heterocycles. The van der Waals surface area contributed by atoms with Gasteiger partial charge in [-0.25, -0.2) is 0 Å². The molecule has 0 radical (unpaired) electrons. The normalized spacial score (nSPS) is 14.5. The van der Waals surface area contributed by atoms with Crippen LogP contribution < -0.4 is 0 Å². The summed E-state index contributed by atoms with van der Waals surface area (Å²) in [5, 5.41) is 8.20. The first-order chi connectivity index (χ1) is 27.2. The zero-order valence-corrected chi connectivity index (χ0v) is 26.0. The van der Waals surface area contributed by atoms with Gasteiger partial charge in [-0.05, 0) is 66.3 Å². The molecule has 0 N–H and O–H groups in total. The lowest BCUT2D eigenvalue weighted by atomic mass is 9.84. The molecule has 11 aromatic rings. The Morgan fingerprint density at radius 1 is 0.396 bits per heavy atom. The van der Waals surface area contributed by atoms with E-state index in [4.69, 9.17) is 9.90 Å².